The molecule has 0 spiro atoms. The minimum absolute atomic E-state index is 0.00933. The highest BCUT2D eigenvalue weighted by molar-refractivity contribution is 5.90. The fourth-order valence-corrected chi connectivity index (χ4v) is 3.58. The Labute approximate surface area is 197 Å². The first-order valence-corrected chi connectivity index (χ1v) is 10.5. The van der Waals surface area contributed by atoms with Gasteiger partial charge in [0, 0.05) is 29.2 Å². The van der Waals surface area contributed by atoms with Crippen molar-refractivity contribution in [3.8, 4) is 11.8 Å². The number of para-hydroxylation sites is 1. The molecule has 166 valence electrons. The maximum atomic E-state index is 10.9. The van der Waals surface area contributed by atoms with Crippen LogP contribution in [0.1, 0.15) is 11.1 Å². The monoisotopic (exact) mass is 447 g/mol. The topological polar surface area (TPSA) is 79.4 Å². The Bertz CT molecular complexity index is 1340. The van der Waals surface area contributed by atoms with E-state index in [1.165, 1.54) is 12.1 Å². The second kappa shape index (κ2) is 10.2. The molecule has 0 atom stereocenters. The Hall–Kier alpha value is -4.89. The maximum Gasteiger partial charge on any atom is 0.269 e. The molecule has 0 aliphatic rings. The Morgan fingerprint density at radius 3 is 1.94 bits per heavy atom. The van der Waals surface area contributed by atoms with Gasteiger partial charge in [0.1, 0.15) is 5.75 Å². The van der Waals surface area contributed by atoms with E-state index < -0.39 is 4.92 Å². The molecule has 4 aromatic carbocycles. The van der Waals surface area contributed by atoms with Crippen LogP contribution < -0.4 is 9.64 Å². The van der Waals surface area contributed by atoms with Crippen LogP contribution in [0, 0.1) is 21.4 Å². The molecule has 6 heteroatoms. The smallest absolute Gasteiger partial charge is 0.269 e. The summed E-state index contributed by atoms with van der Waals surface area (Å²) in [4.78, 5) is 12.6. The van der Waals surface area contributed by atoms with Crippen LogP contribution in [0.25, 0.3) is 11.6 Å². The second-order valence-electron chi connectivity index (χ2n) is 7.43. The number of methoxy groups -OCH3 is 1. The van der Waals surface area contributed by atoms with Crippen LogP contribution in [0.15, 0.2) is 103 Å². The van der Waals surface area contributed by atoms with Gasteiger partial charge in [-0.15, -0.1) is 0 Å². The van der Waals surface area contributed by atoms with Gasteiger partial charge in [0.25, 0.3) is 5.69 Å². The molecule has 0 heterocycles. The summed E-state index contributed by atoms with van der Waals surface area (Å²) >= 11 is 0. The van der Waals surface area contributed by atoms with Crippen LogP contribution in [0.5, 0.6) is 5.75 Å². The highest BCUT2D eigenvalue weighted by atomic mass is 16.6. The maximum absolute atomic E-state index is 10.9. The SMILES string of the molecule is COc1ccc(N(c2ccccc2)c2ccc(/C=C(\C#N)c3ccc([N+](=O)[O-])cc3)cc2)cc1. The van der Waals surface area contributed by atoms with Gasteiger partial charge in [0.05, 0.1) is 23.7 Å². The Morgan fingerprint density at radius 2 is 1.41 bits per heavy atom. The van der Waals surface area contributed by atoms with Crippen LogP contribution in [0.3, 0.4) is 0 Å². The molecule has 0 N–H and O–H groups in total. The summed E-state index contributed by atoms with van der Waals surface area (Å²) in [6.07, 6.45) is 1.77. The summed E-state index contributed by atoms with van der Waals surface area (Å²) in [5, 5.41) is 20.5. The van der Waals surface area contributed by atoms with Gasteiger partial charge in [-0.05, 0) is 77.9 Å². The number of rotatable bonds is 7. The summed E-state index contributed by atoms with van der Waals surface area (Å²) in [6, 6.07) is 33.9. The van der Waals surface area contributed by atoms with Crippen molar-refractivity contribution in [1.82, 2.24) is 0 Å². The van der Waals surface area contributed by atoms with Crippen molar-refractivity contribution < 1.29 is 9.66 Å². The lowest BCUT2D eigenvalue weighted by Gasteiger charge is -2.25. The quantitative estimate of drug-likeness (QED) is 0.130. The van der Waals surface area contributed by atoms with Gasteiger partial charge in [-0.3, -0.25) is 10.1 Å². The molecule has 0 radical (unpaired) electrons. The Balaban J connectivity index is 1.66. The molecular weight excluding hydrogens is 426 g/mol. The number of allylic oxidation sites excluding steroid dienone is 1. The number of non-ortho nitro benzene ring substituents is 1. The minimum Gasteiger partial charge on any atom is -0.497 e. The number of hydrogen-bond acceptors (Lipinski definition) is 5. The molecule has 0 bridgehead atoms. The molecule has 34 heavy (non-hydrogen) atoms. The van der Waals surface area contributed by atoms with Crippen molar-refractivity contribution in [2.75, 3.05) is 12.0 Å². The summed E-state index contributed by atoms with van der Waals surface area (Å²) in [7, 11) is 1.64. The molecule has 0 aromatic heterocycles. The van der Waals surface area contributed by atoms with E-state index in [-0.39, 0.29) is 5.69 Å². The van der Waals surface area contributed by atoms with E-state index in [1.54, 1.807) is 25.3 Å². The highest BCUT2D eigenvalue weighted by Gasteiger charge is 2.12. The van der Waals surface area contributed by atoms with E-state index in [9.17, 15) is 15.4 Å². The molecule has 4 aromatic rings. The van der Waals surface area contributed by atoms with Crippen molar-refractivity contribution in [3.05, 3.63) is 124 Å². The number of nitro benzene ring substituents is 1. The van der Waals surface area contributed by atoms with Crippen molar-refractivity contribution >= 4 is 34.4 Å². The average Bonchev–Trinajstić information content (AvgIpc) is 2.89. The summed E-state index contributed by atoms with van der Waals surface area (Å²) < 4.78 is 5.29. The van der Waals surface area contributed by atoms with Gasteiger partial charge < -0.3 is 9.64 Å². The number of anilines is 3. The van der Waals surface area contributed by atoms with Crippen LogP contribution in [0.4, 0.5) is 22.7 Å². The number of ether oxygens (including phenoxy) is 1. The van der Waals surface area contributed by atoms with Gasteiger partial charge >= 0.3 is 0 Å². The molecule has 0 saturated carbocycles. The number of nitro groups is 1. The van der Waals surface area contributed by atoms with Gasteiger partial charge in [0.2, 0.25) is 0 Å². The molecule has 0 fully saturated rings. The molecule has 0 saturated heterocycles. The lowest BCUT2D eigenvalue weighted by molar-refractivity contribution is -0.384. The second-order valence-corrected chi connectivity index (χ2v) is 7.43. The minimum atomic E-state index is -0.459. The standard InChI is InChI=1S/C28H21N3O3/c1-34-28-17-15-26(16-18-28)30(24-5-3-2-4-6-24)25-11-7-21(8-12-25)19-23(20-29)22-9-13-27(14-10-22)31(32)33/h2-19H,1H3/b23-19+. The number of nitrogens with zero attached hydrogens (tertiary/aromatic N) is 3. The predicted molar refractivity (Wildman–Crippen MR) is 134 cm³/mol. The van der Waals surface area contributed by atoms with Crippen LogP contribution in [0.2, 0.25) is 0 Å². The number of hydrogen-bond donors (Lipinski definition) is 0. The predicted octanol–water partition coefficient (Wildman–Crippen LogP) is 7.14. The van der Waals surface area contributed by atoms with Crippen LogP contribution in [-0.4, -0.2) is 12.0 Å². The summed E-state index contributed by atoms with van der Waals surface area (Å²) in [5.41, 5.74) is 4.85. The van der Waals surface area contributed by atoms with Gasteiger partial charge in [-0.1, -0.05) is 30.3 Å². The molecule has 6 nitrogen and oxygen atoms in total. The molecule has 0 amide bonds. The zero-order valence-electron chi connectivity index (χ0n) is 18.5. The van der Waals surface area contributed by atoms with E-state index in [0.29, 0.717) is 11.1 Å². The van der Waals surface area contributed by atoms with Crippen molar-refractivity contribution in [2.45, 2.75) is 0 Å². The van der Waals surface area contributed by atoms with Crippen molar-refractivity contribution in [3.63, 3.8) is 0 Å². The fraction of sp³-hybridized carbons (Fsp3) is 0.0357. The third-order valence-corrected chi connectivity index (χ3v) is 5.32. The van der Waals surface area contributed by atoms with Gasteiger partial charge in [0.15, 0.2) is 0 Å². The molecule has 0 unspecified atom stereocenters. The zero-order chi connectivity index (χ0) is 23.9. The largest absolute Gasteiger partial charge is 0.497 e. The van der Waals surface area contributed by atoms with Crippen LogP contribution >= 0.6 is 0 Å². The molecule has 0 aliphatic heterocycles. The Kier molecular flexibility index (Phi) is 6.66. The van der Waals surface area contributed by atoms with Crippen LogP contribution in [-0.2, 0) is 0 Å². The number of nitriles is 1. The first-order chi connectivity index (χ1) is 16.6. The third kappa shape index (κ3) is 4.95. The Morgan fingerprint density at radius 1 is 0.853 bits per heavy atom. The first kappa shape index (κ1) is 22.3. The van der Waals surface area contributed by atoms with E-state index in [0.717, 1.165) is 28.4 Å². The molecule has 0 aliphatic carbocycles. The third-order valence-electron chi connectivity index (χ3n) is 5.32. The summed E-state index contributed by atoms with van der Waals surface area (Å²) in [5.74, 6) is 0.785. The van der Waals surface area contributed by atoms with Gasteiger partial charge in [-0.25, -0.2) is 0 Å². The number of benzene rings is 4. The molecular formula is C28H21N3O3. The lowest BCUT2D eigenvalue weighted by Crippen LogP contribution is -2.09. The van der Waals surface area contributed by atoms with Gasteiger partial charge in [-0.2, -0.15) is 5.26 Å². The van der Waals surface area contributed by atoms with E-state index >= 15 is 0 Å². The average molecular weight is 447 g/mol. The first-order valence-electron chi connectivity index (χ1n) is 10.5. The van der Waals surface area contributed by atoms with E-state index in [2.05, 4.69) is 11.0 Å². The summed E-state index contributed by atoms with van der Waals surface area (Å²) in [6.45, 7) is 0. The van der Waals surface area contributed by atoms with Crippen molar-refractivity contribution in [1.29, 1.82) is 5.26 Å². The van der Waals surface area contributed by atoms with E-state index in [4.69, 9.17) is 4.74 Å². The lowest BCUT2D eigenvalue weighted by atomic mass is 10.0. The highest BCUT2D eigenvalue weighted by Crippen LogP contribution is 2.35. The fourth-order valence-electron chi connectivity index (χ4n) is 3.58. The molecule has 4 rings (SSSR count). The normalized spacial score (nSPS) is 10.9. The zero-order valence-corrected chi connectivity index (χ0v) is 18.5. The van der Waals surface area contributed by atoms with E-state index in [1.807, 2.05) is 78.9 Å². The van der Waals surface area contributed by atoms with Crippen molar-refractivity contribution in [2.24, 2.45) is 0 Å².